The Morgan fingerprint density at radius 3 is 2.10 bits per heavy atom. The molecular formula is C26H30N2O. The van der Waals surface area contributed by atoms with Crippen molar-refractivity contribution < 1.29 is 4.74 Å². The van der Waals surface area contributed by atoms with Crippen LogP contribution >= 0.6 is 0 Å². The van der Waals surface area contributed by atoms with Crippen molar-refractivity contribution in [3.63, 3.8) is 0 Å². The number of benzene rings is 3. The van der Waals surface area contributed by atoms with E-state index < -0.39 is 0 Å². The molecule has 0 saturated carbocycles. The fraction of sp³-hybridized carbons (Fsp3) is 0.308. The zero-order valence-corrected chi connectivity index (χ0v) is 17.2. The van der Waals surface area contributed by atoms with Gasteiger partial charge >= 0.3 is 0 Å². The summed E-state index contributed by atoms with van der Waals surface area (Å²) in [6, 6.07) is 30.6. The van der Waals surface area contributed by atoms with Crippen molar-refractivity contribution in [1.82, 2.24) is 9.80 Å². The molecule has 0 bridgehead atoms. The van der Waals surface area contributed by atoms with Gasteiger partial charge in [-0.25, -0.2) is 0 Å². The Morgan fingerprint density at radius 2 is 1.41 bits per heavy atom. The minimum Gasteiger partial charge on any atom is -0.497 e. The van der Waals surface area contributed by atoms with Gasteiger partial charge in [-0.3, -0.25) is 9.80 Å². The SMILES string of the molecule is COc1cccc(CC(c2ccccc2)N2CCN(Cc3ccccc3)CC2)c1. The topological polar surface area (TPSA) is 15.7 Å². The largest absolute Gasteiger partial charge is 0.497 e. The highest BCUT2D eigenvalue weighted by Gasteiger charge is 2.25. The fourth-order valence-electron chi connectivity index (χ4n) is 4.23. The summed E-state index contributed by atoms with van der Waals surface area (Å²) in [5.74, 6) is 0.932. The molecule has 0 N–H and O–H groups in total. The molecule has 29 heavy (non-hydrogen) atoms. The first-order valence-corrected chi connectivity index (χ1v) is 10.5. The van der Waals surface area contributed by atoms with Gasteiger partial charge in [-0.2, -0.15) is 0 Å². The number of nitrogens with zero attached hydrogens (tertiary/aromatic N) is 2. The van der Waals surface area contributed by atoms with E-state index in [9.17, 15) is 0 Å². The lowest BCUT2D eigenvalue weighted by Crippen LogP contribution is -2.47. The summed E-state index contributed by atoms with van der Waals surface area (Å²) in [6.07, 6.45) is 1.000. The standard InChI is InChI=1S/C26H30N2O/c1-29-25-14-8-11-23(19-25)20-26(24-12-6-3-7-13-24)28-17-15-27(16-18-28)21-22-9-4-2-5-10-22/h2-14,19,26H,15-18,20-21H2,1H3. The van der Waals surface area contributed by atoms with Gasteiger partial charge in [-0.05, 0) is 35.2 Å². The number of methoxy groups -OCH3 is 1. The molecule has 1 aliphatic rings. The highest BCUT2D eigenvalue weighted by atomic mass is 16.5. The molecule has 4 rings (SSSR count). The van der Waals surface area contributed by atoms with Crippen molar-refractivity contribution in [2.75, 3.05) is 33.3 Å². The average molecular weight is 387 g/mol. The van der Waals surface area contributed by atoms with Crippen molar-refractivity contribution in [3.05, 3.63) is 102 Å². The molecule has 1 unspecified atom stereocenters. The molecule has 1 saturated heterocycles. The summed E-state index contributed by atoms with van der Waals surface area (Å²) in [7, 11) is 1.74. The average Bonchev–Trinajstić information content (AvgIpc) is 2.79. The predicted octanol–water partition coefficient (Wildman–Crippen LogP) is 4.80. The first-order valence-electron chi connectivity index (χ1n) is 10.5. The molecule has 3 heteroatoms. The lowest BCUT2D eigenvalue weighted by Gasteiger charge is -2.39. The van der Waals surface area contributed by atoms with E-state index >= 15 is 0 Å². The van der Waals surface area contributed by atoms with Gasteiger partial charge in [-0.1, -0.05) is 72.8 Å². The fourth-order valence-corrected chi connectivity index (χ4v) is 4.23. The van der Waals surface area contributed by atoms with Crippen molar-refractivity contribution in [2.45, 2.75) is 19.0 Å². The molecule has 3 aromatic carbocycles. The van der Waals surface area contributed by atoms with Crippen LogP contribution in [0.5, 0.6) is 5.75 Å². The molecule has 1 aliphatic heterocycles. The van der Waals surface area contributed by atoms with Crippen molar-refractivity contribution in [2.24, 2.45) is 0 Å². The van der Waals surface area contributed by atoms with Gasteiger partial charge in [0.15, 0.2) is 0 Å². The highest BCUT2D eigenvalue weighted by Crippen LogP contribution is 2.28. The minimum atomic E-state index is 0.391. The van der Waals surface area contributed by atoms with Crippen molar-refractivity contribution in [3.8, 4) is 5.75 Å². The second kappa shape index (κ2) is 9.73. The maximum absolute atomic E-state index is 5.44. The van der Waals surface area contributed by atoms with Crippen molar-refractivity contribution in [1.29, 1.82) is 0 Å². The van der Waals surface area contributed by atoms with Gasteiger partial charge in [0.2, 0.25) is 0 Å². The zero-order chi connectivity index (χ0) is 19.9. The van der Waals surface area contributed by atoms with E-state index in [2.05, 4.69) is 88.7 Å². The third kappa shape index (κ3) is 5.26. The summed E-state index contributed by atoms with van der Waals surface area (Å²) in [5, 5.41) is 0. The van der Waals surface area contributed by atoms with Crippen LogP contribution in [0.15, 0.2) is 84.9 Å². The second-order valence-electron chi connectivity index (χ2n) is 7.78. The van der Waals surface area contributed by atoms with Crippen LogP contribution in [0.3, 0.4) is 0 Å². The number of rotatable bonds is 7. The van der Waals surface area contributed by atoms with Gasteiger partial charge in [0.05, 0.1) is 7.11 Å². The molecule has 1 atom stereocenters. The Morgan fingerprint density at radius 1 is 0.759 bits per heavy atom. The van der Waals surface area contributed by atoms with E-state index in [4.69, 9.17) is 4.74 Å². The Kier molecular flexibility index (Phi) is 6.60. The van der Waals surface area contributed by atoms with E-state index in [1.807, 2.05) is 6.07 Å². The molecule has 3 nitrogen and oxygen atoms in total. The molecule has 0 aromatic heterocycles. The summed E-state index contributed by atoms with van der Waals surface area (Å²) in [5.41, 5.74) is 4.12. The van der Waals surface area contributed by atoms with E-state index in [-0.39, 0.29) is 0 Å². The maximum Gasteiger partial charge on any atom is 0.119 e. The Balaban J connectivity index is 1.46. The lowest BCUT2D eigenvalue weighted by atomic mass is 9.96. The molecular weight excluding hydrogens is 356 g/mol. The van der Waals surface area contributed by atoms with Gasteiger partial charge < -0.3 is 4.74 Å². The van der Waals surface area contributed by atoms with Crippen LogP contribution in [0, 0.1) is 0 Å². The lowest BCUT2D eigenvalue weighted by molar-refractivity contribution is 0.0911. The summed E-state index contributed by atoms with van der Waals surface area (Å²) in [6.45, 7) is 5.44. The van der Waals surface area contributed by atoms with E-state index in [1.54, 1.807) is 7.11 Å². The zero-order valence-electron chi connectivity index (χ0n) is 17.2. The van der Waals surface area contributed by atoms with E-state index in [0.29, 0.717) is 6.04 Å². The molecule has 3 aromatic rings. The number of piperazine rings is 1. The van der Waals surface area contributed by atoms with Crippen molar-refractivity contribution >= 4 is 0 Å². The predicted molar refractivity (Wildman–Crippen MR) is 119 cm³/mol. The van der Waals surface area contributed by atoms with E-state index in [1.165, 1.54) is 16.7 Å². The Labute approximate surface area is 174 Å². The maximum atomic E-state index is 5.44. The monoisotopic (exact) mass is 386 g/mol. The second-order valence-corrected chi connectivity index (χ2v) is 7.78. The summed E-state index contributed by atoms with van der Waals surface area (Å²) in [4.78, 5) is 5.22. The van der Waals surface area contributed by atoms with Crippen LogP contribution < -0.4 is 4.74 Å². The number of hydrogen-bond donors (Lipinski definition) is 0. The highest BCUT2D eigenvalue weighted by molar-refractivity contribution is 5.31. The number of hydrogen-bond acceptors (Lipinski definition) is 3. The first-order chi connectivity index (χ1) is 14.3. The molecule has 1 fully saturated rings. The molecule has 150 valence electrons. The van der Waals surface area contributed by atoms with Gasteiger partial charge in [-0.15, -0.1) is 0 Å². The summed E-state index contributed by atoms with van der Waals surface area (Å²) < 4.78 is 5.44. The number of ether oxygens (including phenoxy) is 1. The van der Waals surface area contributed by atoms with Crippen LogP contribution in [0.2, 0.25) is 0 Å². The summed E-state index contributed by atoms with van der Waals surface area (Å²) >= 11 is 0. The molecule has 0 amide bonds. The van der Waals surface area contributed by atoms with Gasteiger partial charge in [0.1, 0.15) is 5.75 Å². The normalized spacial score (nSPS) is 16.4. The molecule has 1 heterocycles. The first kappa shape index (κ1) is 19.7. The molecule has 0 radical (unpaired) electrons. The quantitative estimate of drug-likeness (QED) is 0.580. The van der Waals surface area contributed by atoms with Gasteiger partial charge in [0, 0.05) is 38.8 Å². The van der Waals surface area contributed by atoms with Crippen LogP contribution in [0.25, 0.3) is 0 Å². The minimum absolute atomic E-state index is 0.391. The molecule has 0 aliphatic carbocycles. The smallest absolute Gasteiger partial charge is 0.119 e. The van der Waals surface area contributed by atoms with Crippen LogP contribution in [-0.2, 0) is 13.0 Å². The third-order valence-corrected chi connectivity index (χ3v) is 5.84. The van der Waals surface area contributed by atoms with Crippen LogP contribution in [0.4, 0.5) is 0 Å². The third-order valence-electron chi connectivity index (χ3n) is 5.84. The van der Waals surface area contributed by atoms with E-state index in [0.717, 1.165) is 44.9 Å². The van der Waals surface area contributed by atoms with Gasteiger partial charge in [0.25, 0.3) is 0 Å². The Hall–Kier alpha value is -2.62. The van der Waals surface area contributed by atoms with Crippen LogP contribution in [-0.4, -0.2) is 43.1 Å². The molecule has 0 spiro atoms. The Bertz CT molecular complexity index is 873. The van der Waals surface area contributed by atoms with Crippen LogP contribution in [0.1, 0.15) is 22.7 Å².